The summed E-state index contributed by atoms with van der Waals surface area (Å²) in [4.78, 5) is 12.1. The van der Waals surface area contributed by atoms with E-state index in [0.29, 0.717) is 17.2 Å². The molecular weight excluding hydrogens is 354 g/mol. The SMILES string of the molecule is Cc1cccc(OCC(=O)NCc2nnc3ccc(-c4ccccc4)nn23)c1. The maximum Gasteiger partial charge on any atom is 0.258 e. The van der Waals surface area contributed by atoms with Crippen molar-refractivity contribution in [2.75, 3.05) is 6.61 Å². The van der Waals surface area contributed by atoms with Crippen LogP contribution in [0.15, 0.2) is 66.7 Å². The average molecular weight is 373 g/mol. The number of benzene rings is 2. The summed E-state index contributed by atoms with van der Waals surface area (Å²) >= 11 is 0. The number of hydrogen-bond donors (Lipinski definition) is 1. The molecule has 1 N–H and O–H groups in total. The highest BCUT2D eigenvalue weighted by Crippen LogP contribution is 2.16. The Morgan fingerprint density at radius 3 is 2.71 bits per heavy atom. The molecule has 1 amide bonds. The third kappa shape index (κ3) is 3.98. The highest BCUT2D eigenvalue weighted by Gasteiger charge is 2.10. The summed E-state index contributed by atoms with van der Waals surface area (Å²) in [5, 5.41) is 15.6. The second kappa shape index (κ2) is 7.87. The number of carbonyl (C=O) groups excluding carboxylic acids is 1. The molecule has 0 radical (unpaired) electrons. The predicted molar refractivity (Wildman–Crippen MR) is 105 cm³/mol. The van der Waals surface area contributed by atoms with Gasteiger partial charge in [0, 0.05) is 5.56 Å². The smallest absolute Gasteiger partial charge is 0.258 e. The van der Waals surface area contributed by atoms with Crippen LogP contribution in [0.3, 0.4) is 0 Å². The fraction of sp³-hybridized carbons (Fsp3) is 0.143. The van der Waals surface area contributed by atoms with Gasteiger partial charge in [-0.15, -0.1) is 10.2 Å². The van der Waals surface area contributed by atoms with Gasteiger partial charge in [0.25, 0.3) is 5.91 Å². The lowest BCUT2D eigenvalue weighted by atomic mass is 10.1. The van der Waals surface area contributed by atoms with Crippen molar-refractivity contribution in [3.63, 3.8) is 0 Å². The van der Waals surface area contributed by atoms with E-state index in [1.54, 1.807) is 4.52 Å². The van der Waals surface area contributed by atoms with Gasteiger partial charge >= 0.3 is 0 Å². The van der Waals surface area contributed by atoms with E-state index in [-0.39, 0.29) is 19.1 Å². The van der Waals surface area contributed by atoms with Crippen LogP contribution >= 0.6 is 0 Å². The van der Waals surface area contributed by atoms with Crippen LogP contribution in [0.1, 0.15) is 11.4 Å². The Kier molecular flexibility index (Phi) is 4.97. The minimum absolute atomic E-state index is 0.0666. The van der Waals surface area contributed by atoms with Crippen LogP contribution in [0.2, 0.25) is 0 Å². The summed E-state index contributed by atoms with van der Waals surface area (Å²) in [6, 6.07) is 21.2. The van der Waals surface area contributed by atoms with E-state index in [1.807, 2.05) is 73.7 Å². The second-order valence-electron chi connectivity index (χ2n) is 6.35. The Bertz CT molecular complexity index is 1110. The van der Waals surface area contributed by atoms with Crippen molar-refractivity contribution in [1.29, 1.82) is 0 Å². The highest BCUT2D eigenvalue weighted by atomic mass is 16.5. The molecule has 0 aliphatic heterocycles. The molecule has 0 saturated carbocycles. The number of amides is 1. The van der Waals surface area contributed by atoms with Crippen molar-refractivity contribution in [3.8, 4) is 17.0 Å². The Morgan fingerprint density at radius 1 is 1.04 bits per heavy atom. The standard InChI is InChI=1S/C21H19N5O2/c1-15-6-5-9-17(12-15)28-14-21(27)22-13-20-24-23-19-11-10-18(25-26(19)20)16-7-3-2-4-8-16/h2-12H,13-14H2,1H3,(H,22,27). The molecule has 2 aromatic carbocycles. The molecule has 0 spiro atoms. The molecule has 2 heterocycles. The van der Waals surface area contributed by atoms with Crippen molar-refractivity contribution in [3.05, 3.63) is 78.1 Å². The molecule has 7 heteroatoms. The summed E-state index contributed by atoms with van der Waals surface area (Å²) in [5.41, 5.74) is 3.51. The van der Waals surface area contributed by atoms with Crippen LogP contribution in [-0.2, 0) is 11.3 Å². The van der Waals surface area contributed by atoms with Gasteiger partial charge in [0.2, 0.25) is 0 Å². The Hall–Kier alpha value is -3.74. The van der Waals surface area contributed by atoms with E-state index in [0.717, 1.165) is 16.8 Å². The zero-order valence-electron chi connectivity index (χ0n) is 15.4. The monoisotopic (exact) mass is 373 g/mol. The summed E-state index contributed by atoms with van der Waals surface area (Å²) in [5.74, 6) is 0.978. The summed E-state index contributed by atoms with van der Waals surface area (Å²) in [7, 11) is 0. The van der Waals surface area contributed by atoms with Gasteiger partial charge in [-0.3, -0.25) is 4.79 Å². The summed E-state index contributed by atoms with van der Waals surface area (Å²) in [6.45, 7) is 2.12. The molecule has 4 aromatic rings. The fourth-order valence-electron chi connectivity index (χ4n) is 2.79. The molecule has 0 fully saturated rings. The Labute approximate surface area is 162 Å². The zero-order chi connectivity index (χ0) is 19.3. The number of aromatic nitrogens is 4. The second-order valence-corrected chi connectivity index (χ2v) is 6.35. The lowest BCUT2D eigenvalue weighted by Crippen LogP contribution is -2.29. The molecule has 0 unspecified atom stereocenters. The molecule has 7 nitrogen and oxygen atoms in total. The minimum atomic E-state index is -0.238. The van der Waals surface area contributed by atoms with E-state index in [1.165, 1.54) is 0 Å². The van der Waals surface area contributed by atoms with Crippen molar-refractivity contribution in [2.45, 2.75) is 13.5 Å². The summed E-state index contributed by atoms with van der Waals surface area (Å²) < 4.78 is 7.16. The van der Waals surface area contributed by atoms with Gasteiger partial charge < -0.3 is 10.1 Å². The third-order valence-corrected chi connectivity index (χ3v) is 4.20. The van der Waals surface area contributed by atoms with Gasteiger partial charge in [-0.05, 0) is 36.8 Å². The first-order valence-electron chi connectivity index (χ1n) is 8.92. The number of ether oxygens (including phenoxy) is 1. The first-order chi connectivity index (χ1) is 13.7. The van der Waals surface area contributed by atoms with Gasteiger partial charge in [-0.2, -0.15) is 9.61 Å². The van der Waals surface area contributed by atoms with Crippen molar-refractivity contribution < 1.29 is 9.53 Å². The lowest BCUT2D eigenvalue weighted by molar-refractivity contribution is -0.123. The normalized spacial score (nSPS) is 10.8. The number of nitrogens with one attached hydrogen (secondary N) is 1. The molecule has 0 atom stereocenters. The minimum Gasteiger partial charge on any atom is -0.484 e. The van der Waals surface area contributed by atoms with Gasteiger partial charge in [-0.25, -0.2) is 0 Å². The van der Waals surface area contributed by atoms with Gasteiger partial charge in [-0.1, -0.05) is 42.5 Å². The molecule has 2 aromatic heterocycles. The molecule has 28 heavy (non-hydrogen) atoms. The largest absolute Gasteiger partial charge is 0.484 e. The van der Waals surface area contributed by atoms with Gasteiger partial charge in [0.1, 0.15) is 5.75 Å². The Morgan fingerprint density at radius 2 is 1.89 bits per heavy atom. The van der Waals surface area contributed by atoms with Crippen LogP contribution in [-0.4, -0.2) is 32.3 Å². The number of fused-ring (bicyclic) bond motifs is 1. The van der Waals surface area contributed by atoms with Crippen molar-refractivity contribution in [1.82, 2.24) is 25.1 Å². The van der Waals surface area contributed by atoms with E-state index < -0.39 is 0 Å². The maximum atomic E-state index is 12.1. The van der Waals surface area contributed by atoms with Crippen molar-refractivity contribution >= 4 is 11.6 Å². The van der Waals surface area contributed by atoms with Crippen LogP contribution < -0.4 is 10.1 Å². The summed E-state index contributed by atoms with van der Waals surface area (Å²) in [6.07, 6.45) is 0. The van der Waals surface area contributed by atoms with Gasteiger partial charge in [0.05, 0.1) is 12.2 Å². The van der Waals surface area contributed by atoms with Crippen LogP contribution in [0.25, 0.3) is 16.9 Å². The van der Waals surface area contributed by atoms with E-state index >= 15 is 0 Å². The molecule has 4 rings (SSSR count). The third-order valence-electron chi connectivity index (χ3n) is 4.20. The quantitative estimate of drug-likeness (QED) is 0.562. The predicted octanol–water partition coefficient (Wildman–Crippen LogP) is 2.79. The van der Waals surface area contributed by atoms with E-state index in [4.69, 9.17) is 4.74 Å². The van der Waals surface area contributed by atoms with Crippen LogP contribution in [0.4, 0.5) is 0 Å². The highest BCUT2D eigenvalue weighted by molar-refractivity contribution is 5.77. The van der Waals surface area contributed by atoms with Crippen LogP contribution in [0, 0.1) is 6.92 Å². The van der Waals surface area contributed by atoms with Crippen molar-refractivity contribution in [2.24, 2.45) is 0 Å². The molecule has 0 aliphatic carbocycles. The number of aryl methyl sites for hydroxylation is 1. The number of nitrogens with zero attached hydrogens (tertiary/aromatic N) is 4. The molecule has 0 aliphatic rings. The molecular formula is C21H19N5O2. The van der Waals surface area contributed by atoms with Gasteiger partial charge in [0.15, 0.2) is 18.1 Å². The number of rotatable bonds is 6. The topological polar surface area (TPSA) is 81.4 Å². The van der Waals surface area contributed by atoms with Crippen LogP contribution in [0.5, 0.6) is 5.75 Å². The van der Waals surface area contributed by atoms with E-state index in [9.17, 15) is 4.79 Å². The first kappa shape index (κ1) is 17.7. The fourth-order valence-corrected chi connectivity index (χ4v) is 2.79. The average Bonchev–Trinajstić information content (AvgIpc) is 3.14. The Balaban J connectivity index is 1.42. The lowest BCUT2D eigenvalue weighted by Gasteiger charge is -2.07. The zero-order valence-corrected chi connectivity index (χ0v) is 15.4. The number of hydrogen-bond acceptors (Lipinski definition) is 5. The molecule has 140 valence electrons. The van der Waals surface area contributed by atoms with E-state index in [2.05, 4.69) is 20.6 Å². The molecule has 0 saturated heterocycles. The first-order valence-corrected chi connectivity index (χ1v) is 8.92. The number of carbonyl (C=O) groups is 1. The molecule has 0 bridgehead atoms. The maximum absolute atomic E-state index is 12.1.